The third kappa shape index (κ3) is 2.98. The quantitative estimate of drug-likeness (QED) is 0.735. The lowest BCUT2D eigenvalue weighted by Crippen LogP contribution is -2.46. The van der Waals surface area contributed by atoms with Gasteiger partial charge < -0.3 is 20.9 Å². The number of nitrogen functional groups attached to an aromatic ring is 1. The lowest BCUT2D eigenvalue weighted by Gasteiger charge is -2.31. The zero-order valence-electron chi connectivity index (χ0n) is 10.2. The van der Waals surface area contributed by atoms with Crippen molar-refractivity contribution in [1.29, 1.82) is 0 Å². The average molecular weight is 271 g/mol. The maximum Gasteiger partial charge on any atom is 0.263 e. The fourth-order valence-electron chi connectivity index (χ4n) is 1.88. The minimum absolute atomic E-state index is 0.229. The van der Waals surface area contributed by atoms with E-state index in [1.807, 2.05) is 0 Å². The lowest BCUT2D eigenvalue weighted by molar-refractivity contribution is -0.0605. The first-order valence-electron chi connectivity index (χ1n) is 5.81. The summed E-state index contributed by atoms with van der Waals surface area (Å²) < 4.78 is 5.18. The normalized spacial score (nSPS) is 18.6. The van der Waals surface area contributed by atoms with Gasteiger partial charge in [0.1, 0.15) is 4.88 Å². The van der Waals surface area contributed by atoms with Crippen molar-refractivity contribution in [3.05, 3.63) is 10.6 Å². The molecule has 1 aromatic heterocycles. The zero-order valence-corrected chi connectivity index (χ0v) is 11.0. The highest BCUT2D eigenvalue weighted by atomic mass is 32.1. The van der Waals surface area contributed by atoms with Crippen LogP contribution in [0.15, 0.2) is 0 Å². The van der Waals surface area contributed by atoms with Crippen molar-refractivity contribution in [2.45, 2.75) is 25.4 Å². The minimum Gasteiger partial charge on any atom is -0.388 e. The molecule has 1 saturated heterocycles. The van der Waals surface area contributed by atoms with Crippen LogP contribution in [0.2, 0.25) is 0 Å². The van der Waals surface area contributed by atoms with Crippen LogP contribution in [-0.4, -0.2) is 41.4 Å². The predicted octanol–water partition coefficient (Wildman–Crippen LogP) is 0.305. The van der Waals surface area contributed by atoms with Crippen LogP contribution < -0.4 is 11.1 Å². The first-order valence-corrected chi connectivity index (χ1v) is 6.63. The maximum atomic E-state index is 11.9. The van der Waals surface area contributed by atoms with Gasteiger partial charge in [0.05, 0.1) is 11.3 Å². The number of aliphatic hydroxyl groups is 1. The molecule has 1 fully saturated rings. The molecule has 1 aromatic rings. The molecule has 2 rings (SSSR count). The number of rotatable bonds is 3. The van der Waals surface area contributed by atoms with E-state index in [9.17, 15) is 9.90 Å². The maximum absolute atomic E-state index is 11.9. The Morgan fingerprint density at radius 3 is 2.83 bits per heavy atom. The summed E-state index contributed by atoms with van der Waals surface area (Å²) in [7, 11) is 0. The summed E-state index contributed by atoms with van der Waals surface area (Å²) in [6.07, 6.45) is 1.08. The molecular weight excluding hydrogens is 254 g/mol. The van der Waals surface area contributed by atoms with Crippen LogP contribution in [0.25, 0.3) is 0 Å². The van der Waals surface area contributed by atoms with Gasteiger partial charge in [-0.05, 0) is 6.92 Å². The number of carbonyl (C=O) groups is 1. The average Bonchev–Trinajstić information content (AvgIpc) is 2.67. The number of thiazole rings is 1. The molecule has 0 aliphatic carbocycles. The fraction of sp³-hybridized carbons (Fsp3) is 0.636. The monoisotopic (exact) mass is 271 g/mol. The molecule has 0 bridgehead atoms. The van der Waals surface area contributed by atoms with Crippen molar-refractivity contribution in [2.75, 3.05) is 25.5 Å². The van der Waals surface area contributed by atoms with E-state index in [2.05, 4.69) is 10.3 Å². The number of anilines is 1. The van der Waals surface area contributed by atoms with Crippen molar-refractivity contribution >= 4 is 22.4 Å². The number of amides is 1. The summed E-state index contributed by atoms with van der Waals surface area (Å²) in [6, 6.07) is 0. The highest BCUT2D eigenvalue weighted by molar-refractivity contribution is 7.17. The summed E-state index contributed by atoms with van der Waals surface area (Å²) in [5, 5.41) is 13.3. The lowest BCUT2D eigenvalue weighted by atomic mass is 9.94. The summed E-state index contributed by atoms with van der Waals surface area (Å²) in [6.45, 7) is 3.02. The topological polar surface area (TPSA) is 97.5 Å². The van der Waals surface area contributed by atoms with E-state index in [0.717, 1.165) is 11.3 Å². The van der Waals surface area contributed by atoms with E-state index in [-0.39, 0.29) is 12.5 Å². The van der Waals surface area contributed by atoms with Crippen molar-refractivity contribution in [1.82, 2.24) is 10.3 Å². The molecule has 0 radical (unpaired) electrons. The molecule has 100 valence electrons. The Morgan fingerprint density at radius 2 is 2.28 bits per heavy atom. The van der Waals surface area contributed by atoms with Gasteiger partial charge in [0.2, 0.25) is 0 Å². The van der Waals surface area contributed by atoms with Crippen LogP contribution in [0.4, 0.5) is 5.13 Å². The van der Waals surface area contributed by atoms with Gasteiger partial charge in [0.25, 0.3) is 5.91 Å². The fourth-order valence-corrected chi connectivity index (χ4v) is 2.63. The molecule has 1 aliphatic heterocycles. The number of ether oxygens (including phenoxy) is 1. The molecule has 0 spiro atoms. The Labute approximate surface area is 109 Å². The van der Waals surface area contributed by atoms with E-state index in [0.29, 0.717) is 41.8 Å². The van der Waals surface area contributed by atoms with Crippen molar-refractivity contribution in [2.24, 2.45) is 0 Å². The van der Waals surface area contributed by atoms with Crippen molar-refractivity contribution in [3.63, 3.8) is 0 Å². The molecule has 0 saturated carbocycles. The molecule has 1 aliphatic rings. The second kappa shape index (κ2) is 5.21. The van der Waals surface area contributed by atoms with Gasteiger partial charge in [-0.1, -0.05) is 11.3 Å². The van der Waals surface area contributed by atoms with E-state index >= 15 is 0 Å². The Hall–Kier alpha value is -1.18. The number of nitrogens with zero attached hydrogens (tertiary/aromatic N) is 1. The van der Waals surface area contributed by atoms with E-state index < -0.39 is 5.60 Å². The number of aryl methyl sites for hydroxylation is 1. The standard InChI is InChI=1S/C11H17N3O3S/c1-7-8(18-10(12)14-7)9(15)13-6-11(16)2-4-17-5-3-11/h16H,2-6H2,1H3,(H2,12,14)(H,13,15). The first-order chi connectivity index (χ1) is 8.50. The molecule has 4 N–H and O–H groups in total. The van der Waals surface area contributed by atoms with Crippen LogP contribution >= 0.6 is 11.3 Å². The van der Waals surface area contributed by atoms with Gasteiger partial charge >= 0.3 is 0 Å². The Bertz CT molecular complexity index is 441. The predicted molar refractivity (Wildman–Crippen MR) is 68.6 cm³/mol. The van der Waals surface area contributed by atoms with Crippen molar-refractivity contribution < 1.29 is 14.6 Å². The van der Waals surface area contributed by atoms with E-state index in [4.69, 9.17) is 10.5 Å². The Kier molecular flexibility index (Phi) is 3.84. The third-order valence-corrected chi connectivity index (χ3v) is 4.01. The molecular formula is C11H17N3O3S. The highest BCUT2D eigenvalue weighted by Crippen LogP contribution is 2.21. The molecule has 0 atom stereocenters. The third-order valence-electron chi connectivity index (χ3n) is 3.02. The van der Waals surface area contributed by atoms with Gasteiger partial charge in [-0.2, -0.15) is 0 Å². The van der Waals surface area contributed by atoms with E-state index in [1.165, 1.54) is 0 Å². The number of hydrogen-bond donors (Lipinski definition) is 3. The van der Waals surface area contributed by atoms with Crippen molar-refractivity contribution in [3.8, 4) is 0 Å². The molecule has 0 unspecified atom stereocenters. The van der Waals surface area contributed by atoms with Gasteiger partial charge in [0.15, 0.2) is 5.13 Å². The Morgan fingerprint density at radius 1 is 1.61 bits per heavy atom. The number of hydrogen-bond acceptors (Lipinski definition) is 6. The number of carbonyl (C=O) groups excluding carboxylic acids is 1. The number of nitrogens with one attached hydrogen (secondary N) is 1. The molecule has 0 aromatic carbocycles. The van der Waals surface area contributed by atoms with Crippen LogP contribution in [0.5, 0.6) is 0 Å². The summed E-state index contributed by atoms with van der Waals surface area (Å²) >= 11 is 1.16. The van der Waals surface area contributed by atoms with Crippen LogP contribution in [0.1, 0.15) is 28.2 Å². The van der Waals surface area contributed by atoms with Crippen LogP contribution in [-0.2, 0) is 4.74 Å². The van der Waals surface area contributed by atoms with Gasteiger partial charge in [-0.3, -0.25) is 4.79 Å². The summed E-state index contributed by atoms with van der Waals surface area (Å²) in [5.41, 5.74) is 5.30. The smallest absolute Gasteiger partial charge is 0.263 e. The van der Waals surface area contributed by atoms with E-state index in [1.54, 1.807) is 6.92 Å². The highest BCUT2D eigenvalue weighted by Gasteiger charge is 2.30. The van der Waals surface area contributed by atoms with Crippen LogP contribution in [0, 0.1) is 6.92 Å². The summed E-state index contributed by atoms with van der Waals surface area (Å²) in [4.78, 5) is 16.4. The van der Waals surface area contributed by atoms with Gasteiger partial charge in [0, 0.05) is 32.6 Å². The summed E-state index contributed by atoms with van der Waals surface area (Å²) in [5.74, 6) is -0.235. The second-order valence-corrected chi connectivity index (χ2v) is 5.52. The second-order valence-electron chi connectivity index (χ2n) is 4.49. The molecule has 7 heteroatoms. The molecule has 1 amide bonds. The largest absolute Gasteiger partial charge is 0.388 e. The van der Waals surface area contributed by atoms with Crippen LogP contribution in [0.3, 0.4) is 0 Å². The molecule has 2 heterocycles. The molecule has 18 heavy (non-hydrogen) atoms. The minimum atomic E-state index is -0.863. The zero-order chi connectivity index (χ0) is 13.2. The first kappa shape index (κ1) is 13.3. The number of nitrogens with two attached hydrogens (primary N) is 1. The van der Waals surface area contributed by atoms with Gasteiger partial charge in [-0.15, -0.1) is 0 Å². The Balaban J connectivity index is 1.94. The molecule has 6 nitrogen and oxygen atoms in total. The number of aromatic nitrogens is 1. The SMILES string of the molecule is Cc1nc(N)sc1C(=O)NCC1(O)CCOCC1. The van der Waals surface area contributed by atoms with Gasteiger partial charge in [-0.25, -0.2) is 4.98 Å².